The second kappa shape index (κ2) is 7.57. The summed E-state index contributed by atoms with van der Waals surface area (Å²) in [7, 11) is 2.63. The normalized spacial score (nSPS) is 24.7. The van der Waals surface area contributed by atoms with Crippen LogP contribution in [0.4, 0.5) is 10.5 Å². The third-order valence-electron chi connectivity index (χ3n) is 4.28. The van der Waals surface area contributed by atoms with Crippen LogP contribution in [0.3, 0.4) is 0 Å². The lowest BCUT2D eigenvalue weighted by molar-refractivity contribution is 0.00780. The summed E-state index contributed by atoms with van der Waals surface area (Å²) >= 11 is 0. The first-order valence-electron chi connectivity index (χ1n) is 8.56. The molecule has 2 unspecified atom stereocenters. The number of carbonyl (C=O) groups excluding carboxylic acids is 1. The smallest absolute Gasteiger partial charge is 0.410 e. The Hall–Kier alpha value is -1.53. The molecular weight excluding hydrogens is 320 g/mol. The largest absolute Gasteiger partial charge is 0.444 e. The number of benzene rings is 1. The van der Waals surface area contributed by atoms with Crippen molar-refractivity contribution in [3.8, 4) is 0 Å². The molecule has 1 aromatic rings. The number of carbonyl (C=O) groups is 1. The van der Waals surface area contributed by atoms with Crippen molar-refractivity contribution in [2.45, 2.75) is 50.4 Å². The van der Waals surface area contributed by atoms with Gasteiger partial charge >= 0.3 is 6.09 Å². The molecule has 24 heavy (non-hydrogen) atoms. The topological polar surface area (TPSA) is 50.8 Å². The fourth-order valence-electron chi connectivity index (χ4n) is 3.31. The van der Waals surface area contributed by atoms with E-state index >= 15 is 0 Å². The number of nitrogens with zero attached hydrogens (tertiary/aromatic N) is 1. The van der Waals surface area contributed by atoms with Crippen molar-refractivity contribution in [3.63, 3.8) is 0 Å². The summed E-state index contributed by atoms with van der Waals surface area (Å²) in [4.78, 5) is 14.3. The van der Waals surface area contributed by atoms with Gasteiger partial charge in [0.15, 0.2) is 0 Å². The molecule has 1 fully saturated rings. The van der Waals surface area contributed by atoms with Gasteiger partial charge in [0.2, 0.25) is 0 Å². The van der Waals surface area contributed by atoms with Gasteiger partial charge in [0.05, 0.1) is 12.1 Å². The quantitative estimate of drug-likeness (QED) is 0.846. The zero-order valence-corrected chi connectivity index (χ0v) is 17.5. The van der Waals surface area contributed by atoms with Gasteiger partial charge in [-0.05, 0) is 45.7 Å². The maximum atomic E-state index is 12.4. The lowest BCUT2D eigenvalue weighted by Gasteiger charge is -2.46. The van der Waals surface area contributed by atoms with Gasteiger partial charge in [-0.1, -0.05) is 18.2 Å². The van der Waals surface area contributed by atoms with Crippen LogP contribution < -0.4 is 5.32 Å². The Labute approximate surface area is 148 Å². The Morgan fingerprint density at radius 3 is 2.58 bits per heavy atom. The molecule has 0 spiro atoms. The number of rotatable bonds is 4. The number of para-hydroxylation sites is 1. The molecule has 0 aromatic heterocycles. The van der Waals surface area contributed by atoms with Gasteiger partial charge in [-0.15, -0.1) is 0 Å². The Balaban J connectivity index is 2.08. The third kappa shape index (κ3) is 4.98. The van der Waals surface area contributed by atoms with Crippen LogP contribution in [0.1, 0.15) is 33.6 Å². The zero-order chi connectivity index (χ0) is 17.8. The Morgan fingerprint density at radius 2 is 2.04 bits per heavy atom. The van der Waals surface area contributed by atoms with Gasteiger partial charge in [-0.25, -0.2) is 4.79 Å². The molecule has 1 aliphatic rings. The summed E-state index contributed by atoms with van der Waals surface area (Å²) in [5, 5.41) is 3.65. The molecule has 1 heterocycles. The second-order valence-electron chi connectivity index (χ2n) is 7.68. The molecule has 134 valence electrons. The van der Waals surface area contributed by atoms with Gasteiger partial charge in [-0.3, -0.25) is 0 Å². The molecule has 1 N–H and O–H groups in total. The first-order chi connectivity index (χ1) is 11.2. The van der Waals surface area contributed by atoms with Crippen LogP contribution in [0.2, 0.25) is 0 Å². The molecule has 1 saturated heterocycles. The fourth-order valence-corrected chi connectivity index (χ4v) is 4.56. The number of anilines is 1. The van der Waals surface area contributed by atoms with E-state index in [0.29, 0.717) is 13.2 Å². The zero-order valence-electron chi connectivity index (χ0n) is 15.5. The van der Waals surface area contributed by atoms with Crippen molar-refractivity contribution in [2.24, 2.45) is 0 Å². The molecular formula is C18H30N2O3Si. The van der Waals surface area contributed by atoms with E-state index < -0.39 is 5.60 Å². The van der Waals surface area contributed by atoms with Crippen LogP contribution >= 0.6 is 0 Å². The van der Waals surface area contributed by atoms with E-state index in [4.69, 9.17) is 9.47 Å². The lowest BCUT2D eigenvalue weighted by atomic mass is 9.87. The molecule has 1 amide bonds. The first-order valence-corrected chi connectivity index (χ1v) is 9.72. The van der Waals surface area contributed by atoms with E-state index in [1.54, 1.807) is 7.11 Å². The summed E-state index contributed by atoms with van der Waals surface area (Å²) in [6.45, 7) is 7.03. The lowest BCUT2D eigenvalue weighted by Crippen LogP contribution is -2.58. The Kier molecular flexibility index (Phi) is 5.93. The molecule has 1 aliphatic heterocycles. The first kappa shape index (κ1) is 18.8. The molecule has 2 atom stereocenters. The van der Waals surface area contributed by atoms with Crippen molar-refractivity contribution in [3.05, 3.63) is 30.3 Å². The van der Waals surface area contributed by atoms with Crippen molar-refractivity contribution in [2.75, 3.05) is 25.6 Å². The van der Waals surface area contributed by atoms with Gasteiger partial charge < -0.3 is 19.7 Å². The van der Waals surface area contributed by atoms with Gasteiger partial charge in [0.1, 0.15) is 5.60 Å². The van der Waals surface area contributed by atoms with E-state index in [9.17, 15) is 4.79 Å². The summed E-state index contributed by atoms with van der Waals surface area (Å²) < 4.78 is 11.1. The van der Waals surface area contributed by atoms with Gasteiger partial charge in [0, 0.05) is 35.2 Å². The van der Waals surface area contributed by atoms with Crippen LogP contribution in [0, 0.1) is 0 Å². The summed E-state index contributed by atoms with van der Waals surface area (Å²) in [5.74, 6) is 0. The molecule has 0 radical (unpaired) electrons. The maximum Gasteiger partial charge on any atom is 0.410 e. The van der Waals surface area contributed by atoms with Gasteiger partial charge in [0.25, 0.3) is 0 Å². The number of hydrogen-bond donors (Lipinski definition) is 1. The van der Waals surface area contributed by atoms with Crippen molar-refractivity contribution in [1.29, 1.82) is 0 Å². The highest BCUT2D eigenvalue weighted by atomic mass is 28.1. The number of methoxy groups -OCH3 is 1. The van der Waals surface area contributed by atoms with E-state index in [2.05, 4.69) is 17.4 Å². The number of ether oxygens (including phenoxy) is 2. The van der Waals surface area contributed by atoms with Gasteiger partial charge in [-0.2, -0.15) is 0 Å². The predicted octanol–water partition coefficient (Wildman–Crippen LogP) is 2.21. The summed E-state index contributed by atoms with van der Waals surface area (Å²) in [6, 6.07) is 10.2. The molecule has 2 rings (SSSR count). The average molecular weight is 351 g/mol. The third-order valence-corrected chi connectivity index (χ3v) is 5.31. The minimum absolute atomic E-state index is 0.138. The number of amides is 1. The van der Waals surface area contributed by atoms with E-state index in [-0.39, 0.29) is 17.3 Å². The number of nitrogens with one attached hydrogen (secondary N) is 1. The molecule has 6 heteroatoms. The van der Waals surface area contributed by atoms with E-state index in [1.807, 2.05) is 43.9 Å². The second-order valence-corrected chi connectivity index (χ2v) is 9.01. The van der Waals surface area contributed by atoms with E-state index in [1.165, 1.54) is 0 Å². The number of hydrogen-bond acceptors (Lipinski definition) is 4. The van der Waals surface area contributed by atoms with Crippen molar-refractivity contribution < 1.29 is 14.3 Å². The minimum Gasteiger partial charge on any atom is -0.444 e. The standard InChI is InChI=1S/C18H30N2O3Si/c1-17(2,3)23-16(21)20-11-10-18(13-22-4,12-15(20)24)19-14-8-6-5-7-9-14/h5-9,15,19H,10-13H2,1-4,24H3. The fraction of sp³-hybridized carbons (Fsp3) is 0.611. The van der Waals surface area contributed by atoms with Crippen LogP contribution in [0.15, 0.2) is 30.3 Å². The highest BCUT2D eigenvalue weighted by Crippen LogP contribution is 2.31. The van der Waals surface area contributed by atoms with Crippen LogP contribution in [0.5, 0.6) is 0 Å². The molecule has 0 saturated carbocycles. The Morgan fingerprint density at radius 1 is 1.38 bits per heavy atom. The van der Waals surface area contributed by atoms with Crippen LogP contribution in [-0.2, 0) is 9.47 Å². The molecule has 1 aromatic carbocycles. The van der Waals surface area contributed by atoms with Crippen LogP contribution in [-0.4, -0.2) is 58.3 Å². The highest BCUT2D eigenvalue weighted by molar-refractivity contribution is 6.13. The highest BCUT2D eigenvalue weighted by Gasteiger charge is 2.41. The van der Waals surface area contributed by atoms with E-state index in [0.717, 1.165) is 28.8 Å². The molecule has 5 nitrogen and oxygen atoms in total. The monoisotopic (exact) mass is 350 g/mol. The predicted molar refractivity (Wildman–Crippen MR) is 101 cm³/mol. The van der Waals surface area contributed by atoms with Crippen molar-refractivity contribution >= 4 is 22.0 Å². The molecule has 0 bridgehead atoms. The molecule has 0 aliphatic carbocycles. The summed E-state index contributed by atoms with van der Waals surface area (Å²) in [5.41, 5.74) is 0.719. The summed E-state index contributed by atoms with van der Waals surface area (Å²) in [6.07, 6.45) is 1.52. The average Bonchev–Trinajstić information content (AvgIpc) is 2.46. The number of likely N-dealkylation sites (tertiary alicyclic amines) is 1. The Bertz CT molecular complexity index is 547. The minimum atomic E-state index is -0.457. The SMILES string of the molecule is COCC1(Nc2ccccc2)CCN(C(=O)OC(C)(C)C)C([SiH3])C1. The maximum absolute atomic E-state index is 12.4. The van der Waals surface area contributed by atoms with Crippen molar-refractivity contribution in [1.82, 2.24) is 4.90 Å². The number of piperidine rings is 1. The van der Waals surface area contributed by atoms with Crippen LogP contribution in [0.25, 0.3) is 0 Å².